The summed E-state index contributed by atoms with van der Waals surface area (Å²) >= 11 is 0. The number of aromatic nitrogens is 3. The van der Waals surface area contributed by atoms with Crippen LogP contribution in [0.15, 0.2) is 18.5 Å². The lowest BCUT2D eigenvalue weighted by Gasteiger charge is -2.16. The summed E-state index contributed by atoms with van der Waals surface area (Å²) < 4.78 is 41.3. The predicted molar refractivity (Wildman–Crippen MR) is 86.5 cm³/mol. The number of nitrogens with zero attached hydrogens (tertiary/aromatic N) is 3. The number of anilines is 1. The minimum atomic E-state index is -4.53. The molecule has 7 heteroatoms. The molecule has 0 amide bonds. The summed E-state index contributed by atoms with van der Waals surface area (Å²) in [5, 5.41) is 0. The van der Waals surface area contributed by atoms with Crippen LogP contribution in [0.5, 0.6) is 0 Å². The van der Waals surface area contributed by atoms with Gasteiger partial charge in [0.05, 0.1) is 11.3 Å². The van der Waals surface area contributed by atoms with Crippen molar-refractivity contribution in [3.8, 4) is 11.3 Å². The normalized spacial score (nSPS) is 16.2. The maximum absolute atomic E-state index is 13.1. The molecule has 1 saturated carbocycles. The van der Waals surface area contributed by atoms with Crippen molar-refractivity contribution < 1.29 is 13.2 Å². The van der Waals surface area contributed by atoms with Gasteiger partial charge in [0.25, 0.3) is 0 Å². The second kappa shape index (κ2) is 6.11. The highest BCUT2D eigenvalue weighted by atomic mass is 19.4. The number of nitrogens with two attached hydrogens (primary N) is 1. The van der Waals surface area contributed by atoms with E-state index in [-0.39, 0.29) is 5.92 Å². The first-order valence-corrected chi connectivity index (χ1v) is 8.19. The van der Waals surface area contributed by atoms with Crippen molar-refractivity contribution in [2.24, 2.45) is 0 Å². The molecule has 0 radical (unpaired) electrons. The highest BCUT2D eigenvalue weighted by Gasteiger charge is 2.34. The van der Waals surface area contributed by atoms with Crippen molar-refractivity contribution in [2.75, 3.05) is 5.73 Å². The minimum Gasteiger partial charge on any atom is -0.383 e. The second-order valence-corrected chi connectivity index (χ2v) is 6.64. The van der Waals surface area contributed by atoms with Crippen LogP contribution in [0, 0.1) is 0 Å². The number of alkyl halides is 3. The molecular formula is C17H21F3N4. The topological polar surface area (TPSA) is 56.7 Å². The Morgan fingerprint density at radius 2 is 1.92 bits per heavy atom. The smallest absolute Gasteiger partial charge is 0.383 e. The number of nitrogen functional groups attached to an aromatic ring is 1. The van der Waals surface area contributed by atoms with Gasteiger partial charge in [0, 0.05) is 29.9 Å². The van der Waals surface area contributed by atoms with Crippen molar-refractivity contribution >= 4 is 5.82 Å². The number of hydrogen-bond donors (Lipinski definition) is 1. The molecule has 0 bridgehead atoms. The van der Waals surface area contributed by atoms with Crippen LogP contribution in [0.1, 0.15) is 62.9 Å². The van der Waals surface area contributed by atoms with Crippen molar-refractivity contribution in [1.29, 1.82) is 0 Å². The largest absolute Gasteiger partial charge is 0.419 e. The molecule has 2 aromatic heterocycles. The third kappa shape index (κ3) is 3.12. The van der Waals surface area contributed by atoms with Crippen molar-refractivity contribution in [1.82, 2.24) is 14.5 Å². The zero-order valence-corrected chi connectivity index (χ0v) is 13.8. The lowest BCUT2D eigenvalue weighted by atomic mass is 10.1. The number of imidazole rings is 1. The second-order valence-electron chi connectivity index (χ2n) is 6.64. The van der Waals surface area contributed by atoms with Crippen molar-refractivity contribution in [3.63, 3.8) is 0 Å². The molecule has 1 fully saturated rings. The molecule has 2 N–H and O–H groups in total. The fourth-order valence-corrected chi connectivity index (χ4v) is 3.29. The first-order valence-electron chi connectivity index (χ1n) is 8.19. The van der Waals surface area contributed by atoms with E-state index < -0.39 is 17.6 Å². The maximum atomic E-state index is 13.1. The molecule has 1 aliphatic rings. The Labute approximate surface area is 138 Å². The molecular weight excluding hydrogens is 317 g/mol. The van der Waals surface area contributed by atoms with Gasteiger partial charge in [0.15, 0.2) is 0 Å². The number of rotatable bonds is 3. The van der Waals surface area contributed by atoms with Crippen molar-refractivity contribution in [2.45, 2.75) is 57.7 Å². The van der Waals surface area contributed by atoms with Crippen LogP contribution < -0.4 is 5.73 Å². The zero-order valence-electron chi connectivity index (χ0n) is 13.8. The molecule has 0 aromatic carbocycles. The summed E-state index contributed by atoms with van der Waals surface area (Å²) in [6, 6.07) is 1.42. The van der Waals surface area contributed by atoms with Gasteiger partial charge < -0.3 is 10.3 Å². The Morgan fingerprint density at radius 3 is 2.50 bits per heavy atom. The lowest BCUT2D eigenvalue weighted by molar-refractivity contribution is -0.137. The monoisotopic (exact) mass is 338 g/mol. The van der Waals surface area contributed by atoms with E-state index in [0.29, 0.717) is 17.3 Å². The van der Waals surface area contributed by atoms with Crippen LogP contribution in [0.4, 0.5) is 19.0 Å². The summed E-state index contributed by atoms with van der Waals surface area (Å²) in [5.41, 5.74) is 5.32. The summed E-state index contributed by atoms with van der Waals surface area (Å²) in [6.07, 6.45) is 3.22. The molecule has 4 nitrogen and oxygen atoms in total. The third-order valence-electron chi connectivity index (χ3n) is 4.52. The van der Waals surface area contributed by atoms with Crippen LogP contribution in [0.25, 0.3) is 11.3 Å². The quantitative estimate of drug-likeness (QED) is 0.876. The van der Waals surface area contributed by atoms with Crippen LogP contribution in [0.3, 0.4) is 0 Å². The van der Waals surface area contributed by atoms with E-state index in [1.807, 2.05) is 20.0 Å². The summed E-state index contributed by atoms with van der Waals surface area (Å²) in [5.74, 6) is 0.594. The van der Waals surface area contributed by atoms with Crippen LogP contribution >= 0.6 is 0 Å². The Bertz CT molecular complexity index is 728. The Hall–Kier alpha value is -2.05. The predicted octanol–water partition coefficient (Wildman–Crippen LogP) is 4.78. The SMILES string of the molecule is CC(C)c1nc(-c2cnc(N)c(C(F)(F)F)c2)cn1C1CCCC1. The highest BCUT2D eigenvalue weighted by molar-refractivity contribution is 5.62. The van der Waals surface area contributed by atoms with Gasteiger partial charge in [0.2, 0.25) is 0 Å². The standard InChI is InChI=1S/C17H21F3N4/c1-10(2)16-23-14(9-24(16)12-5-3-4-6-12)11-7-13(17(18,19)20)15(21)22-8-11/h7-10,12H,3-6H2,1-2H3,(H2,21,22). The minimum absolute atomic E-state index is 0.197. The Balaban J connectivity index is 2.05. The van der Waals surface area contributed by atoms with Crippen LogP contribution in [-0.4, -0.2) is 14.5 Å². The molecule has 0 unspecified atom stereocenters. The average Bonchev–Trinajstić information content (AvgIpc) is 3.15. The van der Waals surface area contributed by atoms with E-state index >= 15 is 0 Å². The highest BCUT2D eigenvalue weighted by Crippen LogP contribution is 2.37. The first kappa shape index (κ1) is 16.8. The summed E-state index contributed by atoms with van der Waals surface area (Å²) in [6.45, 7) is 4.08. The molecule has 2 heterocycles. The Morgan fingerprint density at radius 1 is 1.25 bits per heavy atom. The molecule has 3 rings (SSSR count). The van der Waals surface area contributed by atoms with Gasteiger partial charge in [-0.2, -0.15) is 13.2 Å². The molecule has 0 aliphatic heterocycles. The van der Waals surface area contributed by atoms with E-state index in [0.717, 1.165) is 24.7 Å². The molecule has 0 atom stereocenters. The van der Waals surface area contributed by atoms with Crippen LogP contribution in [0.2, 0.25) is 0 Å². The fourth-order valence-electron chi connectivity index (χ4n) is 3.29. The van der Waals surface area contributed by atoms with Gasteiger partial charge in [-0.25, -0.2) is 9.97 Å². The van der Waals surface area contributed by atoms with Gasteiger partial charge in [-0.05, 0) is 18.9 Å². The maximum Gasteiger partial charge on any atom is 0.419 e. The average molecular weight is 338 g/mol. The molecule has 2 aromatic rings. The van der Waals surface area contributed by atoms with Gasteiger partial charge in [0.1, 0.15) is 11.6 Å². The third-order valence-corrected chi connectivity index (χ3v) is 4.52. The lowest BCUT2D eigenvalue weighted by Crippen LogP contribution is -2.10. The van der Waals surface area contributed by atoms with Gasteiger partial charge >= 0.3 is 6.18 Å². The van der Waals surface area contributed by atoms with E-state index in [2.05, 4.69) is 14.5 Å². The molecule has 0 saturated heterocycles. The molecule has 1 aliphatic carbocycles. The van der Waals surface area contributed by atoms with Gasteiger partial charge in [-0.15, -0.1) is 0 Å². The van der Waals surface area contributed by atoms with Crippen LogP contribution in [-0.2, 0) is 6.18 Å². The molecule has 24 heavy (non-hydrogen) atoms. The number of halogens is 3. The van der Waals surface area contributed by atoms with E-state index in [9.17, 15) is 13.2 Å². The van der Waals surface area contributed by atoms with E-state index in [1.165, 1.54) is 19.0 Å². The van der Waals surface area contributed by atoms with Gasteiger partial charge in [-0.3, -0.25) is 0 Å². The molecule has 130 valence electrons. The fraction of sp³-hybridized carbons (Fsp3) is 0.529. The summed E-state index contributed by atoms with van der Waals surface area (Å²) in [7, 11) is 0. The summed E-state index contributed by atoms with van der Waals surface area (Å²) in [4.78, 5) is 8.30. The first-order chi connectivity index (χ1) is 11.3. The molecule has 0 spiro atoms. The van der Waals surface area contributed by atoms with Gasteiger partial charge in [-0.1, -0.05) is 26.7 Å². The van der Waals surface area contributed by atoms with E-state index in [4.69, 9.17) is 5.73 Å². The Kier molecular flexibility index (Phi) is 4.27. The number of hydrogen-bond acceptors (Lipinski definition) is 3. The zero-order chi connectivity index (χ0) is 17.5. The van der Waals surface area contributed by atoms with E-state index in [1.54, 1.807) is 0 Å². The number of pyridine rings is 1. The van der Waals surface area contributed by atoms with Crippen molar-refractivity contribution in [3.05, 3.63) is 29.8 Å².